The summed E-state index contributed by atoms with van der Waals surface area (Å²) in [5.41, 5.74) is 6.87. The topological polar surface area (TPSA) is 84.7 Å². The van der Waals surface area contributed by atoms with Gasteiger partial charge in [0, 0.05) is 29.8 Å². The summed E-state index contributed by atoms with van der Waals surface area (Å²) in [5, 5.41) is 2.86. The number of rotatable bonds is 10. The van der Waals surface area contributed by atoms with Gasteiger partial charge in [-0.05, 0) is 37.4 Å². The summed E-state index contributed by atoms with van der Waals surface area (Å²) < 4.78 is 5.91. The van der Waals surface area contributed by atoms with Crippen molar-refractivity contribution in [2.24, 2.45) is 5.73 Å². The normalized spacial score (nSPS) is 10.6. The molecule has 0 fully saturated rings. The molecule has 0 bridgehead atoms. The van der Waals surface area contributed by atoms with Gasteiger partial charge in [-0.15, -0.1) is 0 Å². The first-order valence-corrected chi connectivity index (χ1v) is 9.16. The minimum atomic E-state index is -0.559. The van der Waals surface area contributed by atoms with Crippen molar-refractivity contribution in [3.8, 4) is 5.75 Å². The van der Waals surface area contributed by atoms with E-state index in [1.807, 2.05) is 24.3 Å². The second-order valence-electron chi connectivity index (χ2n) is 6.11. The van der Waals surface area contributed by atoms with E-state index < -0.39 is 5.91 Å². The highest BCUT2D eigenvalue weighted by atomic mass is 16.5. The Morgan fingerprint density at radius 2 is 1.74 bits per heavy atom. The molecule has 0 radical (unpaired) electrons. The highest BCUT2D eigenvalue weighted by molar-refractivity contribution is 5.99. The van der Waals surface area contributed by atoms with E-state index in [1.54, 1.807) is 18.2 Å². The first kappa shape index (κ1) is 20.5. The molecule has 0 atom stereocenters. The average Bonchev–Trinajstić information content (AvgIpc) is 2.70. The number of nitrogens with two attached hydrogens (primary N) is 1. The summed E-state index contributed by atoms with van der Waals surface area (Å²) in [5.74, 6) is -0.0662. The number of carbonyl (C=O) groups is 2. The van der Waals surface area contributed by atoms with E-state index in [0.29, 0.717) is 24.3 Å². The zero-order chi connectivity index (χ0) is 19.6. The molecule has 0 aliphatic heterocycles. The molecule has 27 heavy (non-hydrogen) atoms. The summed E-state index contributed by atoms with van der Waals surface area (Å²) in [6.45, 7) is 8.01. The Morgan fingerprint density at radius 1 is 1.04 bits per heavy atom. The molecule has 144 valence electrons. The Bertz CT molecular complexity index is 773. The minimum Gasteiger partial charge on any atom is -0.492 e. The predicted octanol–water partition coefficient (Wildman–Crippen LogP) is 2.44. The third-order valence-electron chi connectivity index (χ3n) is 4.38. The van der Waals surface area contributed by atoms with Crippen LogP contribution in [0.15, 0.2) is 48.5 Å². The molecule has 0 spiro atoms. The van der Waals surface area contributed by atoms with Gasteiger partial charge >= 0.3 is 0 Å². The molecular weight excluding hydrogens is 342 g/mol. The SMILES string of the molecule is CCN(CC)CCOc1ccccc1CNC(=O)c1cccc(C(N)=O)c1. The van der Waals surface area contributed by atoms with Crippen LogP contribution in [-0.4, -0.2) is 43.0 Å². The standard InChI is InChI=1S/C21H27N3O3/c1-3-24(4-2)12-13-27-19-11-6-5-8-18(19)15-23-21(26)17-10-7-9-16(14-17)20(22)25/h5-11,14H,3-4,12-13,15H2,1-2H3,(H2,22,25)(H,23,26). The van der Waals surface area contributed by atoms with E-state index in [2.05, 4.69) is 24.1 Å². The highest BCUT2D eigenvalue weighted by Gasteiger charge is 2.10. The van der Waals surface area contributed by atoms with E-state index in [1.165, 1.54) is 6.07 Å². The lowest BCUT2D eigenvalue weighted by molar-refractivity contribution is 0.0950. The number of nitrogens with zero attached hydrogens (tertiary/aromatic N) is 1. The van der Waals surface area contributed by atoms with Crippen molar-refractivity contribution < 1.29 is 14.3 Å². The maximum absolute atomic E-state index is 12.4. The summed E-state index contributed by atoms with van der Waals surface area (Å²) in [4.78, 5) is 25.9. The van der Waals surface area contributed by atoms with Crippen molar-refractivity contribution >= 4 is 11.8 Å². The van der Waals surface area contributed by atoms with Crippen LogP contribution in [-0.2, 0) is 6.54 Å². The van der Waals surface area contributed by atoms with Gasteiger partial charge < -0.3 is 20.7 Å². The molecule has 2 aromatic rings. The number of para-hydroxylation sites is 1. The van der Waals surface area contributed by atoms with Gasteiger partial charge in [-0.25, -0.2) is 0 Å². The molecule has 0 aromatic heterocycles. The molecule has 0 aliphatic carbocycles. The number of primary amides is 1. The lowest BCUT2D eigenvalue weighted by atomic mass is 10.1. The van der Waals surface area contributed by atoms with Gasteiger partial charge in [0.15, 0.2) is 0 Å². The van der Waals surface area contributed by atoms with E-state index in [0.717, 1.165) is 30.9 Å². The van der Waals surface area contributed by atoms with E-state index >= 15 is 0 Å². The molecule has 0 saturated heterocycles. The molecule has 2 rings (SSSR count). The van der Waals surface area contributed by atoms with Gasteiger partial charge in [0.05, 0.1) is 0 Å². The number of amides is 2. The van der Waals surface area contributed by atoms with E-state index in [9.17, 15) is 9.59 Å². The molecule has 0 aliphatic rings. The highest BCUT2D eigenvalue weighted by Crippen LogP contribution is 2.18. The monoisotopic (exact) mass is 369 g/mol. The molecule has 0 unspecified atom stereocenters. The summed E-state index contributed by atoms with van der Waals surface area (Å²) in [7, 11) is 0. The van der Waals surface area contributed by atoms with Crippen molar-refractivity contribution in [2.75, 3.05) is 26.2 Å². The van der Waals surface area contributed by atoms with Gasteiger partial charge in [0.1, 0.15) is 12.4 Å². The number of ether oxygens (including phenoxy) is 1. The number of benzene rings is 2. The van der Waals surface area contributed by atoms with Crippen LogP contribution in [0.25, 0.3) is 0 Å². The molecule has 3 N–H and O–H groups in total. The van der Waals surface area contributed by atoms with Crippen LogP contribution in [0.4, 0.5) is 0 Å². The van der Waals surface area contributed by atoms with Crippen LogP contribution in [0.1, 0.15) is 40.1 Å². The van der Waals surface area contributed by atoms with Crippen molar-refractivity contribution in [3.63, 3.8) is 0 Å². The fourth-order valence-electron chi connectivity index (χ4n) is 2.71. The predicted molar refractivity (Wildman–Crippen MR) is 106 cm³/mol. The number of hydrogen-bond acceptors (Lipinski definition) is 4. The molecule has 6 heteroatoms. The number of carbonyl (C=O) groups excluding carboxylic acids is 2. The molecule has 2 aromatic carbocycles. The van der Waals surface area contributed by atoms with Crippen molar-refractivity contribution in [2.45, 2.75) is 20.4 Å². The van der Waals surface area contributed by atoms with E-state index in [4.69, 9.17) is 10.5 Å². The summed E-state index contributed by atoms with van der Waals surface area (Å²) >= 11 is 0. The largest absolute Gasteiger partial charge is 0.492 e. The molecular formula is C21H27N3O3. The Balaban J connectivity index is 1.96. The Morgan fingerprint density at radius 3 is 2.44 bits per heavy atom. The van der Waals surface area contributed by atoms with Crippen molar-refractivity contribution in [3.05, 3.63) is 65.2 Å². The average molecular weight is 369 g/mol. The van der Waals surface area contributed by atoms with Gasteiger partial charge in [0.25, 0.3) is 5.91 Å². The number of nitrogens with one attached hydrogen (secondary N) is 1. The Hall–Kier alpha value is -2.86. The number of hydrogen-bond donors (Lipinski definition) is 2. The Kier molecular flexibility index (Phi) is 7.82. The van der Waals surface area contributed by atoms with Gasteiger partial charge in [-0.2, -0.15) is 0 Å². The van der Waals surface area contributed by atoms with Crippen LogP contribution >= 0.6 is 0 Å². The third kappa shape index (κ3) is 6.11. The summed E-state index contributed by atoms with van der Waals surface area (Å²) in [6.07, 6.45) is 0. The van der Waals surface area contributed by atoms with E-state index in [-0.39, 0.29) is 5.91 Å². The lowest BCUT2D eigenvalue weighted by Crippen LogP contribution is -2.28. The fourth-order valence-corrected chi connectivity index (χ4v) is 2.71. The maximum atomic E-state index is 12.4. The van der Waals surface area contributed by atoms with Gasteiger partial charge in [-0.1, -0.05) is 38.1 Å². The van der Waals surface area contributed by atoms with Crippen LogP contribution in [0.2, 0.25) is 0 Å². The second kappa shape index (κ2) is 10.3. The van der Waals surface area contributed by atoms with Crippen LogP contribution in [0.3, 0.4) is 0 Å². The third-order valence-corrected chi connectivity index (χ3v) is 4.38. The van der Waals surface area contributed by atoms with Gasteiger partial charge in [0.2, 0.25) is 5.91 Å². The first-order chi connectivity index (χ1) is 13.0. The quantitative estimate of drug-likeness (QED) is 0.674. The smallest absolute Gasteiger partial charge is 0.251 e. The Labute approximate surface area is 160 Å². The zero-order valence-electron chi connectivity index (χ0n) is 15.9. The fraction of sp³-hybridized carbons (Fsp3) is 0.333. The molecule has 2 amide bonds. The lowest BCUT2D eigenvalue weighted by Gasteiger charge is -2.19. The molecule has 0 heterocycles. The second-order valence-corrected chi connectivity index (χ2v) is 6.11. The van der Waals surface area contributed by atoms with Gasteiger partial charge in [-0.3, -0.25) is 9.59 Å². The molecule has 6 nitrogen and oxygen atoms in total. The van der Waals surface area contributed by atoms with Crippen molar-refractivity contribution in [1.29, 1.82) is 0 Å². The van der Waals surface area contributed by atoms with Crippen LogP contribution in [0, 0.1) is 0 Å². The van der Waals surface area contributed by atoms with Crippen LogP contribution < -0.4 is 15.8 Å². The van der Waals surface area contributed by atoms with Crippen molar-refractivity contribution in [1.82, 2.24) is 10.2 Å². The minimum absolute atomic E-state index is 0.268. The maximum Gasteiger partial charge on any atom is 0.251 e. The zero-order valence-corrected chi connectivity index (χ0v) is 15.9. The number of likely N-dealkylation sites (N-methyl/N-ethyl adjacent to an activating group) is 1. The molecule has 0 saturated carbocycles. The first-order valence-electron chi connectivity index (χ1n) is 9.16. The summed E-state index contributed by atoms with van der Waals surface area (Å²) in [6, 6.07) is 14.0. The van der Waals surface area contributed by atoms with Crippen LogP contribution in [0.5, 0.6) is 5.75 Å².